The summed E-state index contributed by atoms with van der Waals surface area (Å²) in [5.74, 6) is 1.10. The van der Waals surface area contributed by atoms with Crippen LogP contribution < -0.4 is 5.32 Å². The van der Waals surface area contributed by atoms with Crippen molar-refractivity contribution in [3.63, 3.8) is 0 Å². The lowest BCUT2D eigenvalue weighted by Gasteiger charge is -2.30. The van der Waals surface area contributed by atoms with Gasteiger partial charge in [0.15, 0.2) is 0 Å². The lowest BCUT2D eigenvalue weighted by Crippen LogP contribution is -2.37. The van der Waals surface area contributed by atoms with Crippen molar-refractivity contribution in [3.05, 3.63) is 101 Å². The first-order valence-electron chi connectivity index (χ1n) is 12.3. The van der Waals surface area contributed by atoms with Gasteiger partial charge in [0.1, 0.15) is 0 Å². The number of anilines is 1. The number of rotatable bonds is 6. The van der Waals surface area contributed by atoms with Gasteiger partial charge in [-0.2, -0.15) is 4.98 Å². The molecule has 0 atom stereocenters. The summed E-state index contributed by atoms with van der Waals surface area (Å²) in [5, 5.41) is 7.08. The fraction of sp³-hybridized carbons (Fsp3) is 0.241. The zero-order valence-electron chi connectivity index (χ0n) is 20.2. The maximum absolute atomic E-state index is 12.7. The monoisotopic (exact) mass is 480 g/mol. The van der Waals surface area contributed by atoms with Gasteiger partial charge in [0.2, 0.25) is 11.7 Å². The van der Waals surface area contributed by atoms with Crippen molar-refractivity contribution >= 4 is 17.5 Å². The van der Waals surface area contributed by atoms with Gasteiger partial charge in [-0.25, -0.2) is 0 Å². The number of nitrogens with zero attached hydrogens (tertiary/aromatic N) is 3. The Morgan fingerprint density at radius 1 is 0.917 bits per heavy atom. The molecular formula is C29H28N4O3. The van der Waals surface area contributed by atoms with Crippen LogP contribution in [0.3, 0.4) is 0 Å². The second-order valence-corrected chi connectivity index (χ2v) is 8.97. The van der Waals surface area contributed by atoms with E-state index in [-0.39, 0.29) is 17.7 Å². The van der Waals surface area contributed by atoms with Crippen molar-refractivity contribution in [2.45, 2.75) is 32.1 Å². The number of hydrogen-bond donors (Lipinski definition) is 1. The predicted molar refractivity (Wildman–Crippen MR) is 138 cm³/mol. The van der Waals surface area contributed by atoms with Crippen molar-refractivity contribution in [1.82, 2.24) is 15.0 Å². The molecular weight excluding hydrogens is 452 g/mol. The Morgan fingerprint density at radius 2 is 1.61 bits per heavy atom. The quantitative estimate of drug-likeness (QED) is 0.390. The molecule has 1 fully saturated rings. The number of benzene rings is 3. The van der Waals surface area contributed by atoms with Crippen molar-refractivity contribution in [3.8, 4) is 11.4 Å². The van der Waals surface area contributed by atoms with Gasteiger partial charge < -0.3 is 14.7 Å². The maximum Gasteiger partial charge on any atom is 0.255 e. The molecule has 5 rings (SSSR count). The van der Waals surface area contributed by atoms with Gasteiger partial charge in [0.05, 0.1) is 0 Å². The van der Waals surface area contributed by atoms with Gasteiger partial charge >= 0.3 is 0 Å². The molecule has 1 saturated heterocycles. The molecule has 1 aromatic heterocycles. The van der Waals surface area contributed by atoms with E-state index in [0.29, 0.717) is 35.9 Å². The molecule has 0 saturated carbocycles. The minimum atomic E-state index is -0.170. The number of nitrogens with one attached hydrogen (secondary N) is 1. The van der Waals surface area contributed by atoms with E-state index in [2.05, 4.69) is 22.4 Å². The fourth-order valence-electron chi connectivity index (χ4n) is 4.41. The van der Waals surface area contributed by atoms with Gasteiger partial charge in [-0.3, -0.25) is 9.59 Å². The van der Waals surface area contributed by atoms with Crippen LogP contribution in [0.5, 0.6) is 0 Å². The summed E-state index contributed by atoms with van der Waals surface area (Å²) in [4.78, 5) is 31.8. The Morgan fingerprint density at radius 3 is 2.28 bits per heavy atom. The molecule has 2 amide bonds. The first-order valence-corrected chi connectivity index (χ1v) is 12.3. The minimum absolute atomic E-state index is 0.0577. The third-order valence-electron chi connectivity index (χ3n) is 6.62. The Kier molecular flexibility index (Phi) is 6.89. The van der Waals surface area contributed by atoms with Crippen LogP contribution in [-0.2, 0) is 6.42 Å². The summed E-state index contributed by atoms with van der Waals surface area (Å²) >= 11 is 0. The summed E-state index contributed by atoms with van der Waals surface area (Å²) in [7, 11) is 0. The standard InChI is InChI=1S/C29H28N4O3/c1-2-20-8-14-25(15-9-20)30-27(34)22-12-10-21(11-13-22)26-31-28(36-32-26)23-16-18-33(19-17-23)29(35)24-6-4-3-5-7-24/h3-15,23H,2,16-19H2,1H3,(H,30,34). The van der Waals surface area contributed by atoms with Crippen LogP contribution in [0, 0.1) is 0 Å². The second-order valence-electron chi connectivity index (χ2n) is 8.97. The second kappa shape index (κ2) is 10.6. The average molecular weight is 481 g/mol. The molecule has 0 radical (unpaired) electrons. The van der Waals surface area contributed by atoms with E-state index >= 15 is 0 Å². The topological polar surface area (TPSA) is 88.3 Å². The van der Waals surface area contributed by atoms with E-state index in [1.807, 2.05) is 71.6 Å². The highest BCUT2D eigenvalue weighted by molar-refractivity contribution is 6.04. The van der Waals surface area contributed by atoms with E-state index in [1.54, 1.807) is 12.1 Å². The number of aromatic nitrogens is 2. The van der Waals surface area contributed by atoms with Gasteiger partial charge in [0, 0.05) is 41.4 Å². The number of amides is 2. The molecule has 0 spiro atoms. The van der Waals surface area contributed by atoms with Crippen molar-refractivity contribution in [2.24, 2.45) is 0 Å². The van der Waals surface area contributed by atoms with Gasteiger partial charge in [-0.05, 0) is 61.2 Å². The Labute approximate surface area is 210 Å². The van der Waals surface area contributed by atoms with Crippen LogP contribution >= 0.6 is 0 Å². The third kappa shape index (κ3) is 5.20. The number of aryl methyl sites for hydroxylation is 1. The van der Waals surface area contributed by atoms with E-state index in [9.17, 15) is 9.59 Å². The molecule has 1 aliphatic rings. The highest BCUT2D eigenvalue weighted by Crippen LogP contribution is 2.29. The van der Waals surface area contributed by atoms with Crippen LogP contribution in [0.15, 0.2) is 83.4 Å². The number of likely N-dealkylation sites (tertiary alicyclic amines) is 1. The minimum Gasteiger partial charge on any atom is -0.339 e. The van der Waals surface area contributed by atoms with Gasteiger partial charge in [-0.1, -0.05) is 54.5 Å². The molecule has 1 aliphatic heterocycles. The molecule has 36 heavy (non-hydrogen) atoms. The van der Waals surface area contributed by atoms with Crippen LogP contribution in [-0.4, -0.2) is 39.9 Å². The van der Waals surface area contributed by atoms with Crippen LogP contribution in [0.1, 0.15) is 57.9 Å². The maximum atomic E-state index is 12.7. The lowest BCUT2D eigenvalue weighted by atomic mass is 9.96. The molecule has 0 unspecified atom stereocenters. The summed E-state index contributed by atoms with van der Waals surface area (Å²) in [6.45, 7) is 3.40. The molecule has 4 aromatic rings. The third-order valence-corrected chi connectivity index (χ3v) is 6.62. The first-order chi connectivity index (χ1) is 17.6. The van der Waals surface area contributed by atoms with Crippen molar-refractivity contribution in [2.75, 3.05) is 18.4 Å². The molecule has 182 valence electrons. The number of carbonyl (C=O) groups is 2. The zero-order chi connectivity index (χ0) is 24.9. The molecule has 0 bridgehead atoms. The van der Waals surface area contributed by atoms with E-state index in [1.165, 1.54) is 5.56 Å². The summed E-state index contributed by atoms with van der Waals surface area (Å²) in [5.41, 5.74) is 4.04. The van der Waals surface area contributed by atoms with Crippen LogP contribution in [0.4, 0.5) is 5.69 Å². The fourth-order valence-corrected chi connectivity index (χ4v) is 4.41. The predicted octanol–water partition coefficient (Wildman–Crippen LogP) is 5.57. The average Bonchev–Trinajstić information content (AvgIpc) is 3.44. The Hall–Kier alpha value is -4.26. The summed E-state index contributed by atoms with van der Waals surface area (Å²) < 4.78 is 5.57. The van der Waals surface area contributed by atoms with Gasteiger partial charge in [0.25, 0.3) is 11.8 Å². The normalized spacial score (nSPS) is 14.0. The SMILES string of the molecule is CCc1ccc(NC(=O)c2ccc(-c3noc(C4CCN(C(=O)c5ccccc5)CC4)n3)cc2)cc1. The number of piperidine rings is 1. The smallest absolute Gasteiger partial charge is 0.255 e. The highest BCUT2D eigenvalue weighted by Gasteiger charge is 2.28. The molecule has 7 nitrogen and oxygen atoms in total. The van der Waals surface area contributed by atoms with Crippen molar-refractivity contribution in [1.29, 1.82) is 0 Å². The number of hydrogen-bond acceptors (Lipinski definition) is 5. The largest absolute Gasteiger partial charge is 0.339 e. The first kappa shape index (κ1) is 23.5. The molecule has 0 aliphatic carbocycles. The van der Waals surface area contributed by atoms with Crippen LogP contribution in [0.2, 0.25) is 0 Å². The van der Waals surface area contributed by atoms with Crippen LogP contribution in [0.25, 0.3) is 11.4 Å². The lowest BCUT2D eigenvalue weighted by molar-refractivity contribution is 0.0704. The highest BCUT2D eigenvalue weighted by atomic mass is 16.5. The molecule has 3 aromatic carbocycles. The Balaban J connectivity index is 1.18. The number of carbonyl (C=O) groups excluding carboxylic acids is 2. The van der Waals surface area contributed by atoms with E-state index < -0.39 is 0 Å². The Bertz CT molecular complexity index is 1320. The molecule has 7 heteroatoms. The summed E-state index contributed by atoms with van der Waals surface area (Å²) in [6.07, 6.45) is 2.51. The molecule has 1 N–H and O–H groups in total. The van der Waals surface area contributed by atoms with E-state index in [4.69, 9.17) is 4.52 Å². The van der Waals surface area contributed by atoms with Crippen molar-refractivity contribution < 1.29 is 14.1 Å². The van der Waals surface area contributed by atoms with E-state index in [0.717, 1.165) is 30.5 Å². The van der Waals surface area contributed by atoms with Gasteiger partial charge in [-0.15, -0.1) is 0 Å². The zero-order valence-corrected chi connectivity index (χ0v) is 20.2. The summed E-state index contributed by atoms with van der Waals surface area (Å²) in [6, 6.07) is 24.4. The molecule has 2 heterocycles.